The predicted octanol–water partition coefficient (Wildman–Crippen LogP) is 2.34. The Bertz CT molecular complexity index is 1010. The van der Waals surface area contributed by atoms with Gasteiger partial charge in [0.05, 0.1) is 17.9 Å². The number of nitrogens with one attached hydrogen (secondary N) is 1. The van der Waals surface area contributed by atoms with Crippen molar-refractivity contribution in [3.8, 4) is 0 Å². The van der Waals surface area contributed by atoms with Crippen molar-refractivity contribution in [2.45, 2.75) is 26.1 Å². The topological polar surface area (TPSA) is 82.2 Å². The lowest BCUT2D eigenvalue weighted by Crippen LogP contribution is -2.58. The second kappa shape index (κ2) is 8.50. The minimum atomic E-state index is -3.56. The maximum Gasteiger partial charge on any atom is 0.321 e. The van der Waals surface area contributed by atoms with Gasteiger partial charge in [0.2, 0.25) is 0 Å². The Morgan fingerprint density at radius 3 is 2.27 bits per heavy atom. The van der Waals surface area contributed by atoms with Gasteiger partial charge in [-0.25, -0.2) is 4.79 Å². The van der Waals surface area contributed by atoms with Crippen molar-refractivity contribution in [3.05, 3.63) is 42.5 Å². The molecular formula is C21H28N4O4S. The molecule has 0 unspecified atom stereocenters. The van der Waals surface area contributed by atoms with E-state index in [-0.39, 0.29) is 31.3 Å². The number of amides is 2. The summed E-state index contributed by atoms with van der Waals surface area (Å²) in [5.74, 6) is 0. The van der Waals surface area contributed by atoms with Crippen LogP contribution in [0.1, 0.15) is 13.8 Å². The van der Waals surface area contributed by atoms with Crippen LogP contribution in [0.3, 0.4) is 0 Å². The number of carbonyl (C=O) groups is 1. The Labute approximate surface area is 177 Å². The molecule has 4 rings (SSSR count). The Morgan fingerprint density at radius 2 is 1.57 bits per heavy atom. The van der Waals surface area contributed by atoms with Gasteiger partial charge in [-0.1, -0.05) is 36.4 Å². The number of ether oxygens (including phenoxy) is 1. The van der Waals surface area contributed by atoms with Gasteiger partial charge in [0.15, 0.2) is 0 Å². The molecule has 2 fully saturated rings. The van der Waals surface area contributed by atoms with Gasteiger partial charge in [0, 0.05) is 44.7 Å². The van der Waals surface area contributed by atoms with Gasteiger partial charge in [-0.15, -0.1) is 0 Å². The van der Waals surface area contributed by atoms with Crippen molar-refractivity contribution in [2.75, 3.05) is 44.6 Å². The van der Waals surface area contributed by atoms with Gasteiger partial charge in [-0.3, -0.25) is 0 Å². The molecule has 1 N–H and O–H groups in total. The second-order valence-electron chi connectivity index (χ2n) is 7.93. The normalized spacial score (nSPS) is 24.1. The molecule has 2 saturated heterocycles. The van der Waals surface area contributed by atoms with E-state index >= 15 is 0 Å². The molecule has 162 valence electrons. The molecule has 8 nitrogen and oxygen atoms in total. The van der Waals surface area contributed by atoms with Crippen LogP contribution in [0.15, 0.2) is 42.5 Å². The highest BCUT2D eigenvalue weighted by Crippen LogP contribution is 2.24. The fourth-order valence-electron chi connectivity index (χ4n) is 4.13. The van der Waals surface area contributed by atoms with Gasteiger partial charge >= 0.3 is 6.03 Å². The van der Waals surface area contributed by atoms with Gasteiger partial charge in [0.25, 0.3) is 10.2 Å². The summed E-state index contributed by atoms with van der Waals surface area (Å²) in [5, 5.41) is 5.01. The zero-order chi connectivity index (χ0) is 21.3. The van der Waals surface area contributed by atoms with E-state index in [0.29, 0.717) is 26.2 Å². The van der Waals surface area contributed by atoms with Gasteiger partial charge in [0.1, 0.15) is 0 Å². The number of fused-ring (bicyclic) bond motifs is 1. The molecule has 0 aliphatic carbocycles. The Morgan fingerprint density at radius 1 is 0.933 bits per heavy atom. The fraction of sp³-hybridized carbons (Fsp3) is 0.476. The quantitative estimate of drug-likeness (QED) is 0.807. The molecule has 2 aromatic carbocycles. The fourth-order valence-corrected chi connectivity index (χ4v) is 5.88. The SMILES string of the molecule is C[C@H]1CN(S(=O)(=O)N2CCN(C(=O)Nc3cccc4ccccc34)CC2)C[C@H](C)O1. The van der Waals surface area contributed by atoms with Crippen LogP contribution in [-0.2, 0) is 14.9 Å². The van der Waals surface area contributed by atoms with E-state index in [1.807, 2.05) is 56.3 Å². The van der Waals surface area contributed by atoms with Crippen LogP contribution < -0.4 is 5.32 Å². The number of carbonyl (C=O) groups excluding carboxylic acids is 1. The van der Waals surface area contributed by atoms with E-state index in [2.05, 4.69) is 5.32 Å². The molecule has 30 heavy (non-hydrogen) atoms. The highest BCUT2D eigenvalue weighted by molar-refractivity contribution is 7.86. The molecule has 0 bridgehead atoms. The molecule has 2 atom stereocenters. The lowest BCUT2D eigenvalue weighted by atomic mass is 10.1. The third-order valence-corrected chi connectivity index (χ3v) is 7.56. The predicted molar refractivity (Wildman–Crippen MR) is 117 cm³/mol. The largest absolute Gasteiger partial charge is 0.373 e. The number of morpholine rings is 1. The van der Waals surface area contributed by atoms with Crippen molar-refractivity contribution in [1.29, 1.82) is 0 Å². The van der Waals surface area contributed by atoms with E-state index in [0.717, 1.165) is 16.5 Å². The van der Waals surface area contributed by atoms with Crippen molar-refractivity contribution >= 4 is 32.7 Å². The van der Waals surface area contributed by atoms with Crippen molar-refractivity contribution < 1.29 is 17.9 Å². The molecule has 0 aromatic heterocycles. The van der Waals surface area contributed by atoms with Crippen LogP contribution in [0.4, 0.5) is 10.5 Å². The number of benzene rings is 2. The summed E-state index contributed by atoms with van der Waals surface area (Å²) >= 11 is 0. The van der Waals surface area contributed by atoms with E-state index in [1.54, 1.807) is 4.90 Å². The first-order valence-electron chi connectivity index (χ1n) is 10.3. The highest BCUT2D eigenvalue weighted by atomic mass is 32.2. The van der Waals surface area contributed by atoms with E-state index < -0.39 is 10.2 Å². The molecule has 2 amide bonds. The number of urea groups is 1. The number of hydrogen-bond acceptors (Lipinski definition) is 4. The first kappa shape index (κ1) is 21.0. The van der Waals surface area contributed by atoms with E-state index in [4.69, 9.17) is 4.74 Å². The van der Waals surface area contributed by atoms with Crippen molar-refractivity contribution in [1.82, 2.24) is 13.5 Å². The Kier molecular flexibility index (Phi) is 5.97. The number of piperazine rings is 1. The Balaban J connectivity index is 1.38. The van der Waals surface area contributed by atoms with Crippen LogP contribution in [-0.4, -0.2) is 79.4 Å². The highest BCUT2D eigenvalue weighted by Gasteiger charge is 2.37. The van der Waals surface area contributed by atoms with E-state index in [9.17, 15) is 13.2 Å². The summed E-state index contributed by atoms with van der Waals surface area (Å²) in [7, 11) is -3.56. The maximum atomic E-state index is 13.0. The minimum Gasteiger partial charge on any atom is -0.373 e. The summed E-state index contributed by atoms with van der Waals surface area (Å²) in [5.41, 5.74) is 0.754. The zero-order valence-corrected chi connectivity index (χ0v) is 18.1. The summed E-state index contributed by atoms with van der Waals surface area (Å²) in [6.45, 7) is 5.75. The monoisotopic (exact) mass is 432 g/mol. The number of rotatable bonds is 3. The average molecular weight is 433 g/mol. The molecule has 0 radical (unpaired) electrons. The maximum absolute atomic E-state index is 13.0. The average Bonchev–Trinajstić information content (AvgIpc) is 2.73. The molecule has 0 spiro atoms. The van der Waals surface area contributed by atoms with Crippen molar-refractivity contribution in [2.24, 2.45) is 0 Å². The van der Waals surface area contributed by atoms with Crippen LogP contribution in [0.2, 0.25) is 0 Å². The summed E-state index contributed by atoms with van der Waals surface area (Å²) in [6, 6.07) is 13.5. The molecule has 0 saturated carbocycles. The number of hydrogen-bond donors (Lipinski definition) is 1. The zero-order valence-electron chi connectivity index (χ0n) is 17.3. The third-order valence-electron chi connectivity index (χ3n) is 5.60. The number of anilines is 1. The molecule has 2 aromatic rings. The molecular weight excluding hydrogens is 404 g/mol. The first-order chi connectivity index (χ1) is 14.3. The summed E-state index contributed by atoms with van der Waals surface area (Å²) in [6.07, 6.45) is -0.257. The summed E-state index contributed by atoms with van der Waals surface area (Å²) in [4.78, 5) is 14.4. The van der Waals surface area contributed by atoms with Gasteiger partial charge in [-0.05, 0) is 25.3 Å². The van der Waals surface area contributed by atoms with Crippen molar-refractivity contribution in [3.63, 3.8) is 0 Å². The minimum absolute atomic E-state index is 0.128. The lowest BCUT2D eigenvalue weighted by Gasteiger charge is -2.40. The van der Waals surface area contributed by atoms with Crippen LogP contribution >= 0.6 is 0 Å². The first-order valence-corrected chi connectivity index (χ1v) is 11.7. The van der Waals surface area contributed by atoms with E-state index in [1.165, 1.54) is 8.61 Å². The molecule has 2 aliphatic rings. The molecule has 9 heteroatoms. The molecule has 2 heterocycles. The lowest BCUT2D eigenvalue weighted by molar-refractivity contribution is -0.0456. The Hall–Kier alpha value is -2.20. The standard InChI is InChI=1S/C21H28N4O4S/c1-16-14-25(15-17(2)29-16)30(27,28)24-12-10-23(11-13-24)21(26)22-20-9-5-7-18-6-3-4-8-19(18)20/h3-9,16-17H,10-15H2,1-2H3,(H,22,26)/t16-,17-/m0/s1. The smallest absolute Gasteiger partial charge is 0.321 e. The van der Waals surface area contributed by atoms with Crippen LogP contribution in [0, 0.1) is 0 Å². The molecule has 2 aliphatic heterocycles. The number of nitrogens with zero attached hydrogens (tertiary/aromatic N) is 3. The summed E-state index contributed by atoms with van der Waals surface area (Å²) < 4.78 is 34.7. The van der Waals surface area contributed by atoms with Gasteiger partial charge in [-0.2, -0.15) is 17.0 Å². The van der Waals surface area contributed by atoms with Crippen LogP contribution in [0.25, 0.3) is 10.8 Å². The third kappa shape index (κ3) is 4.29. The second-order valence-corrected chi connectivity index (χ2v) is 9.85. The van der Waals surface area contributed by atoms with Gasteiger partial charge < -0.3 is 15.0 Å². The van der Waals surface area contributed by atoms with Crippen LogP contribution in [0.5, 0.6) is 0 Å².